The quantitative estimate of drug-likeness (QED) is 0.516. The van der Waals surface area contributed by atoms with Gasteiger partial charge in [-0.05, 0) is 61.2 Å². The SMILES string of the molecule is Cc1cc(/C=C/C(=O)c2cccc(N)c2)cc(C)c1C. The molecule has 0 fully saturated rings. The number of anilines is 1. The number of benzene rings is 2. The number of hydrogen-bond donors (Lipinski definition) is 1. The predicted molar refractivity (Wildman–Crippen MR) is 84.9 cm³/mol. The Bertz CT molecular complexity index is 661. The summed E-state index contributed by atoms with van der Waals surface area (Å²) in [6.45, 7) is 6.27. The molecule has 0 bridgehead atoms. The lowest BCUT2D eigenvalue weighted by molar-refractivity contribution is 0.104. The molecule has 2 heteroatoms. The first-order chi connectivity index (χ1) is 9.47. The summed E-state index contributed by atoms with van der Waals surface area (Å²) in [5.74, 6) is -0.0341. The van der Waals surface area contributed by atoms with Crippen LogP contribution in [0.4, 0.5) is 5.69 Å². The molecular formula is C18H19NO. The second-order valence-corrected chi connectivity index (χ2v) is 5.10. The fraction of sp³-hybridized carbons (Fsp3) is 0.167. The van der Waals surface area contributed by atoms with E-state index >= 15 is 0 Å². The van der Waals surface area contributed by atoms with E-state index in [0.29, 0.717) is 11.3 Å². The number of allylic oxidation sites excluding steroid dienone is 1. The van der Waals surface area contributed by atoms with Crippen molar-refractivity contribution in [2.75, 3.05) is 5.73 Å². The van der Waals surface area contributed by atoms with E-state index in [0.717, 1.165) is 5.56 Å². The summed E-state index contributed by atoms with van der Waals surface area (Å²) in [6.07, 6.45) is 3.45. The van der Waals surface area contributed by atoms with Gasteiger partial charge in [-0.3, -0.25) is 4.79 Å². The Hall–Kier alpha value is -2.35. The normalized spacial score (nSPS) is 10.9. The smallest absolute Gasteiger partial charge is 0.185 e. The van der Waals surface area contributed by atoms with Crippen molar-refractivity contribution in [2.24, 2.45) is 0 Å². The van der Waals surface area contributed by atoms with Gasteiger partial charge in [-0.2, -0.15) is 0 Å². The number of carbonyl (C=O) groups excluding carboxylic acids is 1. The molecule has 20 heavy (non-hydrogen) atoms. The van der Waals surface area contributed by atoms with E-state index in [1.807, 2.05) is 6.08 Å². The number of ketones is 1. The molecule has 0 atom stereocenters. The Balaban J connectivity index is 2.23. The molecule has 0 unspecified atom stereocenters. The van der Waals surface area contributed by atoms with Gasteiger partial charge in [-0.1, -0.05) is 30.3 Å². The number of aryl methyl sites for hydroxylation is 2. The lowest BCUT2D eigenvalue weighted by atomic mass is 10.00. The summed E-state index contributed by atoms with van der Waals surface area (Å²) in [6, 6.07) is 11.2. The minimum atomic E-state index is -0.0341. The second kappa shape index (κ2) is 5.74. The first kappa shape index (κ1) is 14.1. The van der Waals surface area contributed by atoms with Crippen LogP contribution < -0.4 is 5.73 Å². The van der Waals surface area contributed by atoms with Crippen LogP contribution >= 0.6 is 0 Å². The molecule has 0 aliphatic carbocycles. The maximum Gasteiger partial charge on any atom is 0.185 e. The van der Waals surface area contributed by atoms with Crippen LogP contribution in [0.1, 0.15) is 32.6 Å². The molecule has 0 aromatic heterocycles. The van der Waals surface area contributed by atoms with Crippen LogP contribution in [0.2, 0.25) is 0 Å². The molecule has 0 amide bonds. The molecule has 0 saturated carbocycles. The minimum absolute atomic E-state index is 0.0341. The summed E-state index contributed by atoms with van der Waals surface area (Å²) >= 11 is 0. The summed E-state index contributed by atoms with van der Waals surface area (Å²) in [4.78, 5) is 12.1. The van der Waals surface area contributed by atoms with E-state index < -0.39 is 0 Å². The highest BCUT2D eigenvalue weighted by atomic mass is 16.1. The summed E-state index contributed by atoms with van der Waals surface area (Å²) in [7, 11) is 0. The topological polar surface area (TPSA) is 43.1 Å². The monoisotopic (exact) mass is 265 g/mol. The van der Waals surface area contributed by atoms with Gasteiger partial charge in [0.15, 0.2) is 5.78 Å². The molecule has 0 heterocycles. The van der Waals surface area contributed by atoms with Crippen molar-refractivity contribution >= 4 is 17.5 Å². The van der Waals surface area contributed by atoms with Crippen molar-refractivity contribution in [3.8, 4) is 0 Å². The maximum atomic E-state index is 12.1. The van der Waals surface area contributed by atoms with Crippen molar-refractivity contribution in [3.05, 3.63) is 70.3 Å². The molecule has 0 spiro atoms. The number of nitrogen functional groups attached to an aromatic ring is 1. The van der Waals surface area contributed by atoms with Gasteiger partial charge in [0.05, 0.1) is 0 Å². The first-order valence-corrected chi connectivity index (χ1v) is 6.63. The van der Waals surface area contributed by atoms with Crippen LogP contribution in [0.15, 0.2) is 42.5 Å². The summed E-state index contributed by atoms with van der Waals surface area (Å²) < 4.78 is 0. The van der Waals surface area contributed by atoms with Gasteiger partial charge in [0, 0.05) is 11.3 Å². The highest BCUT2D eigenvalue weighted by Gasteiger charge is 2.03. The van der Waals surface area contributed by atoms with E-state index in [4.69, 9.17) is 5.73 Å². The van der Waals surface area contributed by atoms with Gasteiger partial charge in [-0.15, -0.1) is 0 Å². The van der Waals surface area contributed by atoms with Crippen molar-refractivity contribution in [3.63, 3.8) is 0 Å². The van der Waals surface area contributed by atoms with Gasteiger partial charge >= 0.3 is 0 Å². The molecule has 2 aromatic rings. The zero-order chi connectivity index (χ0) is 14.7. The zero-order valence-corrected chi connectivity index (χ0v) is 12.1. The van der Waals surface area contributed by atoms with Crippen LogP contribution in [0.5, 0.6) is 0 Å². The molecule has 102 valence electrons. The zero-order valence-electron chi connectivity index (χ0n) is 12.1. The van der Waals surface area contributed by atoms with Crippen molar-refractivity contribution < 1.29 is 4.79 Å². The average Bonchev–Trinajstić information content (AvgIpc) is 2.42. The third kappa shape index (κ3) is 3.15. The van der Waals surface area contributed by atoms with Crippen LogP contribution in [0.25, 0.3) is 6.08 Å². The van der Waals surface area contributed by atoms with Gasteiger partial charge in [0.1, 0.15) is 0 Å². The third-order valence-corrected chi connectivity index (χ3v) is 3.55. The lowest BCUT2D eigenvalue weighted by Gasteiger charge is -2.06. The first-order valence-electron chi connectivity index (χ1n) is 6.63. The highest BCUT2D eigenvalue weighted by molar-refractivity contribution is 6.07. The number of carbonyl (C=O) groups is 1. The highest BCUT2D eigenvalue weighted by Crippen LogP contribution is 2.17. The second-order valence-electron chi connectivity index (χ2n) is 5.10. The molecule has 2 rings (SSSR count). The van der Waals surface area contributed by atoms with Crippen molar-refractivity contribution in [1.82, 2.24) is 0 Å². The Kier molecular flexibility index (Phi) is 4.04. The number of rotatable bonds is 3. The molecule has 0 radical (unpaired) electrons. The van der Waals surface area contributed by atoms with E-state index in [1.54, 1.807) is 30.3 Å². The fourth-order valence-electron chi connectivity index (χ4n) is 2.13. The van der Waals surface area contributed by atoms with Crippen LogP contribution in [0, 0.1) is 20.8 Å². The Morgan fingerprint density at radius 2 is 1.70 bits per heavy atom. The predicted octanol–water partition coefficient (Wildman–Crippen LogP) is 4.09. The van der Waals surface area contributed by atoms with Gasteiger partial charge in [0.2, 0.25) is 0 Å². The van der Waals surface area contributed by atoms with Gasteiger partial charge < -0.3 is 5.73 Å². The molecule has 2 nitrogen and oxygen atoms in total. The number of nitrogens with two attached hydrogens (primary N) is 1. The standard InChI is InChI=1S/C18H19NO/c1-12-9-15(10-13(2)14(12)3)7-8-18(20)16-5-4-6-17(19)11-16/h4-11H,19H2,1-3H3/b8-7+. The lowest BCUT2D eigenvalue weighted by Crippen LogP contribution is -1.96. The minimum Gasteiger partial charge on any atom is -0.399 e. The van der Waals surface area contributed by atoms with E-state index in [-0.39, 0.29) is 5.78 Å². The van der Waals surface area contributed by atoms with Gasteiger partial charge in [0.25, 0.3) is 0 Å². The van der Waals surface area contributed by atoms with E-state index in [1.165, 1.54) is 16.7 Å². The van der Waals surface area contributed by atoms with E-state index in [2.05, 4.69) is 32.9 Å². The molecule has 2 N–H and O–H groups in total. The van der Waals surface area contributed by atoms with E-state index in [9.17, 15) is 4.79 Å². The fourth-order valence-corrected chi connectivity index (χ4v) is 2.13. The van der Waals surface area contributed by atoms with Crippen molar-refractivity contribution in [2.45, 2.75) is 20.8 Å². The Labute approximate surface area is 119 Å². The summed E-state index contributed by atoms with van der Waals surface area (Å²) in [5, 5.41) is 0. The maximum absolute atomic E-state index is 12.1. The molecule has 0 aliphatic rings. The average molecular weight is 265 g/mol. The summed E-state index contributed by atoms with van der Waals surface area (Å²) in [5.41, 5.74) is 11.7. The Morgan fingerprint density at radius 3 is 2.30 bits per heavy atom. The van der Waals surface area contributed by atoms with Crippen LogP contribution in [-0.2, 0) is 0 Å². The van der Waals surface area contributed by atoms with Gasteiger partial charge in [-0.25, -0.2) is 0 Å². The van der Waals surface area contributed by atoms with Crippen LogP contribution in [-0.4, -0.2) is 5.78 Å². The third-order valence-electron chi connectivity index (χ3n) is 3.55. The largest absolute Gasteiger partial charge is 0.399 e. The van der Waals surface area contributed by atoms with Crippen molar-refractivity contribution in [1.29, 1.82) is 0 Å². The Morgan fingerprint density at radius 1 is 1.05 bits per heavy atom. The van der Waals surface area contributed by atoms with Crippen LogP contribution in [0.3, 0.4) is 0 Å². The number of hydrogen-bond acceptors (Lipinski definition) is 2. The molecule has 0 aliphatic heterocycles. The molecule has 2 aromatic carbocycles. The molecule has 0 saturated heterocycles. The molecular weight excluding hydrogens is 246 g/mol.